The van der Waals surface area contributed by atoms with E-state index in [-0.39, 0.29) is 5.69 Å². The fraction of sp³-hybridized carbons (Fsp3) is 0.143. The van der Waals surface area contributed by atoms with Crippen molar-refractivity contribution >= 4 is 5.69 Å². The van der Waals surface area contributed by atoms with Crippen molar-refractivity contribution in [2.24, 2.45) is 0 Å². The molecule has 0 atom stereocenters. The Bertz CT molecular complexity index is 286. The van der Waals surface area contributed by atoms with Gasteiger partial charge in [0.25, 0.3) is 0 Å². The van der Waals surface area contributed by atoms with Gasteiger partial charge in [-0.25, -0.2) is 4.39 Å². The van der Waals surface area contributed by atoms with Gasteiger partial charge in [0, 0.05) is 0 Å². The van der Waals surface area contributed by atoms with Crippen molar-refractivity contribution in [1.29, 1.82) is 0 Å². The van der Waals surface area contributed by atoms with Crippen molar-refractivity contribution in [2.75, 3.05) is 5.48 Å². The van der Waals surface area contributed by atoms with Gasteiger partial charge in [0.2, 0.25) is 0 Å². The van der Waals surface area contributed by atoms with Crippen molar-refractivity contribution in [3.63, 3.8) is 0 Å². The molecule has 0 spiro atoms. The quantitative estimate of drug-likeness (QED) is 0.578. The van der Waals surface area contributed by atoms with Gasteiger partial charge in [-0.05, 0) is 18.2 Å². The molecule has 1 aromatic rings. The highest BCUT2D eigenvalue weighted by Gasteiger charge is 2.30. The lowest BCUT2D eigenvalue weighted by Crippen LogP contribution is -2.17. The van der Waals surface area contributed by atoms with E-state index in [1.807, 2.05) is 0 Å². The first-order chi connectivity index (χ1) is 5.97. The van der Waals surface area contributed by atoms with Crippen LogP contribution in [0.25, 0.3) is 0 Å². The number of anilines is 1. The first-order valence-corrected chi connectivity index (χ1v) is 3.24. The molecule has 2 nitrogen and oxygen atoms in total. The van der Waals surface area contributed by atoms with Crippen LogP contribution < -0.4 is 5.48 Å². The minimum atomic E-state index is -4.79. The van der Waals surface area contributed by atoms with Gasteiger partial charge >= 0.3 is 6.36 Å². The number of hydrogen-bond acceptors (Lipinski definition) is 2. The molecular weight excluding hydrogens is 190 g/mol. The number of alkyl halides is 3. The molecular formula is C7H5F4NO. The van der Waals surface area contributed by atoms with Gasteiger partial charge in [0.05, 0.1) is 5.69 Å². The molecule has 1 aromatic carbocycles. The Morgan fingerprint density at radius 1 is 1.23 bits per heavy atom. The van der Waals surface area contributed by atoms with Crippen LogP contribution in [-0.2, 0) is 4.84 Å². The topological polar surface area (TPSA) is 21.3 Å². The van der Waals surface area contributed by atoms with Crippen molar-refractivity contribution in [2.45, 2.75) is 6.36 Å². The normalized spacial score (nSPS) is 11.4. The molecule has 0 heterocycles. The number of nitrogens with one attached hydrogen (secondary N) is 1. The summed E-state index contributed by atoms with van der Waals surface area (Å²) in [6, 6.07) is 4.50. The lowest BCUT2D eigenvalue weighted by atomic mass is 10.3. The molecule has 0 aromatic heterocycles. The van der Waals surface area contributed by atoms with Crippen molar-refractivity contribution < 1.29 is 22.4 Å². The molecule has 0 aliphatic heterocycles. The minimum absolute atomic E-state index is 0.0997. The predicted octanol–water partition coefficient (Wildman–Crippen LogP) is 2.69. The van der Waals surface area contributed by atoms with Gasteiger partial charge in [0.15, 0.2) is 0 Å². The molecule has 0 saturated heterocycles. The molecule has 0 saturated carbocycles. The van der Waals surface area contributed by atoms with Crippen LogP contribution in [0.3, 0.4) is 0 Å². The molecule has 0 bridgehead atoms. The number of hydrogen-bond donors (Lipinski definition) is 1. The fourth-order valence-electron chi connectivity index (χ4n) is 0.669. The third-order valence-corrected chi connectivity index (χ3v) is 1.11. The van der Waals surface area contributed by atoms with Gasteiger partial charge in [-0.3, -0.25) is 5.48 Å². The van der Waals surface area contributed by atoms with Gasteiger partial charge in [-0.15, -0.1) is 13.2 Å². The van der Waals surface area contributed by atoms with E-state index in [4.69, 9.17) is 0 Å². The van der Waals surface area contributed by atoms with Gasteiger partial charge in [0.1, 0.15) is 5.82 Å². The first-order valence-electron chi connectivity index (χ1n) is 3.24. The molecule has 0 aliphatic carbocycles. The molecule has 6 heteroatoms. The van der Waals surface area contributed by atoms with Crippen molar-refractivity contribution in [3.8, 4) is 0 Å². The zero-order valence-electron chi connectivity index (χ0n) is 6.23. The molecule has 1 rings (SSSR count). The maximum atomic E-state index is 12.4. The zero-order valence-corrected chi connectivity index (χ0v) is 6.23. The summed E-state index contributed by atoms with van der Waals surface area (Å²) in [5.74, 6) is -0.643. The molecule has 1 N–H and O–H groups in total. The third-order valence-electron chi connectivity index (χ3n) is 1.11. The van der Waals surface area contributed by atoms with Crippen LogP contribution in [0.1, 0.15) is 0 Å². The van der Waals surface area contributed by atoms with E-state index in [0.717, 1.165) is 12.1 Å². The highest BCUT2D eigenvalue weighted by atomic mass is 19.4. The average Bonchev–Trinajstić information content (AvgIpc) is 2.00. The Morgan fingerprint density at radius 2 is 1.92 bits per heavy atom. The summed E-state index contributed by atoms with van der Waals surface area (Å²) in [5, 5.41) is 0. The molecule has 72 valence electrons. The van der Waals surface area contributed by atoms with Crippen LogP contribution in [0.2, 0.25) is 0 Å². The summed E-state index contributed by atoms with van der Waals surface area (Å²) in [6.45, 7) is 0. The molecule has 13 heavy (non-hydrogen) atoms. The SMILES string of the molecule is Fc1cccc(NOC(F)(F)F)c1. The Balaban J connectivity index is 2.55. The second-order valence-corrected chi connectivity index (χ2v) is 2.16. The third kappa shape index (κ3) is 3.75. The van der Waals surface area contributed by atoms with E-state index in [2.05, 4.69) is 4.84 Å². The van der Waals surface area contributed by atoms with Crippen LogP contribution in [0.5, 0.6) is 0 Å². The van der Waals surface area contributed by atoms with Crippen molar-refractivity contribution in [3.05, 3.63) is 30.1 Å². The Kier molecular flexibility index (Phi) is 2.72. The maximum Gasteiger partial charge on any atom is 0.543 e. The summed E-state index contributed by atoms with van der Waals surface area (Å²) < 4.78 is 46.8. The van der Waals surface area contributed by atoms with Crippen molar-refractivity contribution in [1.82, 2.24) is 0 Å². The van der Waals surface area contributed by atoms with E-state index in [1.54, 1.807) is 5.48 Å². The zero-order chi connectivity index (χ0) is 9.90. The number of rotatable bonds is 2. The highest BCUT2D eigenvalue weighted by Crippen LogP contribution is 2.18. The average molecular weight is 195 g/mol. The van der Waals surface area contributed by atoms with Crippen LogP contribution >= 0.6 is 0 Å². The number of halogens is 4. The smallest absolute Gasteiger partial charge is 0.258 e. The largest absolute Gasteiger partial charge is 0.543 e. The second kappa shape index (κ2) is 3.61. The van der Waals surface area contributed by atoms with Crippen LogP contribution in [0.4, 0.5) is 23.2 Å². The molecule has 0 unspecified atom stereocenters. The lowest BCUT2D eigenvalue weighted by Gasteiger charge is -2.08. The summed E-state index contributed by atoms with van der Waals surface area (Å²) in [4.78, 5) is 3.25. The Labute approximate surface area is 71.1 Å². The predicted molar refractivity (Wildman–Crippen MR) is 37.2 cm³/mol. The number of benzene rings is 1. The van der Waals surface area contributed by atoms with Gasteiger partial charge in [-0.2, -0.15) is 4.84 Å². The Hall–Kier alpha value is -1.30. The summed E-state index contributed by atoms with van der Waals surface area (Å²) in [6.07, 6.45) is -4.79. The first kappa shape index (κ1) is 9.79. The van der Waals surface area contributed by atoms with E-state index in [1.165, 1.54) is 12.1 Å². The summed E-state index contributed by atoms with van der Waals surface area (Å²) in [5.41, 5.74) is 1.46. The van der Waals surface area contributed by atoms with E-state index < -0.39 is 12.2 Å². The van der Waals surface area contributed by atoms with Gasteiger partial charge in [-0.1, -0.05) is 6.07 Å². The fourth-order valence-corrected chi connectivity index (χ4v) is 0.669. The molecule has 0 amide bonds. The second-order valence-electron chi connectivity index (χ2n) is 2.16. The van der Waals surface area contributed by atoms with E-state index in [0.29, 0.717) is 0 Å². The summed E-state index contributed by atoms with van der Waals surface area (Å²) >= 11 is 0. The molecule has 0 fully saturated rings. The van der Waals surface area contributed by atoms with E-state index in [9.17, 15) is 17.6 Å². The summed E-state index contributed by atoms with van der Waals surface area (Å²) in [7, 11) is 0. The minimum Gasteiger partial charge on any atom is -0.258 e. The standard InChI is InChI=1S/C7H5F4NO/c8-5-2-1-3-6(4-5)12-13-7(9,10)11/h1-4,12H. The monoisotopic (exact) mass is 195 g/mol. The molecule has 0 aliphatic rings. The maximum absolute atomic E-state index is 12.4. The lowest BCUT2D eigenvalue weighted by molar-refractivity contribution is -0.311. The molecule has 0 radical (unpaired) electrons. The highest BCUT2D eigenvalue weighted by molar-refractivity contribution is 5.40. The van der Waals surface area contributed by atoms with E-state index >= 15 is 0 Å². The van der Waals surface area contributed by atoms with Gasteiger partial charge < -0.3 is 0 Å². The van der Waals surface area contributed by atoms with Crippen LogP contribution in [0, 0.1) is 5.82 Å². The van der Waals surface area contributed by atoms with Crippen LogP contribution in [-0.4, -0.2) is 6.36 Å². The Morgan fingerprint density at radius 3 is 2.46 bits per heavy atom. The van der Waals surface area contributed by atoms with Crippen LogP contribution in [0.15, 0.2) is 24.3 Å².